The van der Waals surface area contributed by atoms with Crippen molar-refractivity contribution in [3.05, 3.63) is 53.1 Å². The van der Waals surface area contributed by atoms with Crippen LogP contribution in [0.3, 0.4) is 0 Å². The number of sulfonamides is 1. The second kappa shape index (κ2) is 5.72. The summed E-state index contributed by atoms with van der Waals surface area (Å²) in [6.07, 6.45) is 0. The molecular formula is C13H12ClN3O3S. The molecule has 2 aromatic carbocycles. The lowest BCUT2D eigenvalue weighted by Crippen LogP contribution is -2.14. The molecular weight excluding hydrogens is 314 g/mol. The fraction of sp³-hybridized carbons (Fsp3) is 0. The molecule has 0 bridgehead atoms. The van der Waals surface area contributed by atoms with Crippen molar-refractivity contribution in [2.75, 3.05) is 11.1 Å². The van der Waals surface area contributed by atoms with E-state index in [0.717, 1.165) is 0 Å². The van der Waals surface area contributed by atoms with E-state index in [1.807, 2.05) is 0 Å². The highest BCUT2D eigenvalue weighted by Gasteiger charge is 2.13. The topological polar surface area (TPSA) is 115 Å². The van der Waals surface area contributed by atoms with Crippen LogP contribution in [0.4, 0.5) is 11.4 Å². The molecule has 110 valence electrons. The smallest absolute Gasteiger partial charge is 0.257 e. The fourth-order valence-electron chi connectivity index (χ4n) is 1.65. The van der Waals surface area contributed by atoms with Gasteiger partial charge in [-0.15, -0.1) is 0 Å². The highest BCUT2D eigenvalue weighted by atomic mass is 35.5. The Morgan fingerprint density at radius 3 is 2.29 bits per heavy atom. The first-order valence-electron chi connectivity index (χ1n) is 5.77. The summed E-state index contributed by atoms with van der Waals surface area (Å²) in [6, 6.07) is 10.2. The third-order valence-electron chi connectivity index (χ3n) is 2.71. The van der Waals surface area contributed by atoms with Gasteiger partial charge in [0.25, 0.3) is 5.91 Å². The van der Waals surface area contributed by atoms with Crippen molar-refractivity contribution in [2.45, 2.75) is 4.90 Å². The summed E-state index contributed by atoms with van der Waals surface area (Å²) >= 11 is 5.96. The highest BCUT2D eigenvalue weighted by molar-refractivity contribution is 7.89. The molecule has 1 amide bonds. The van der Waals surface area contributed by atoms with Crippen molar-refractivity contribution in [3.63, 3.8) is 0 Å². The maximum atomic E-state index is 12.1. The third-order valence-corrected chi connectivity index (χ3v) is 4.06. The molecule has 2 aromatic rings. The molecule has 0 aliphatic heterocycles. The number of amides is 1. The first-order chi connectivity index (χ1) is 9.79. The van der Waals surface area contributed by atoms with E-state index in [-0.39, 0.29) is 15.5 Å². The van der Waals surface area contributed by atoms with Crippen LogP contribution >= 0.6 is 11.6 Å². The second-order valence-corrected chi connectivity index (χ2v) is 6.17. The second-order valence-electron chi connectivity index (χ2n) is 4.23. The highest BCUT2D eigenvalue weighted by Crippen LogP contribution is 2.24. The van der Waals surface area contributed by atoms with Gasteiger partial charge in [0.05, 0.1) is 21.2 Å². The zero-order valence-electron chi connectivity index (χ0n) is 10.7. The van der Waals surface area contributed by atoms with Gasteiger partial charge in [0.15, 0.2) is 0 Å². The Morgan fingerprint density at radius 2 is 1.71 bits per heavy atom. The van der Waals surface area contributed by atoms with Crippen LogP contribution in [0, 0.1) is 0 Å². The molecule has 0 heterocycles. The van der Waals surface area contributed by atoms with E-state index in [9.17, 15) is 13.2 Å². The van der Waals surface area contributed by atoms with Gasteiger partial charge in [-0.2, -0.15) is 0 Å². The van der Waals surface area contributed by atoms with Crippen molar-refractivity contribution < 1.29 is 13.2 Å². The minimum atomic E-state index is -3.76. The Bertz CT molecular complexity index is 789. The van der Waals surface area contributed by atoms with Gasteiger partial charge < -0.3 is 11.1 Å². The molecule has 0 saturated carbocycles. The number of hydrogen-bond acceptors (Lipinski definition) is 4. The number of hydrogen-bond donors (Lipinski definition) is 3. The maximum Gasteiger partial charge on any atom is 0.257 e. The molecule has 0 radical (unpaired) electrons. The minimum absolute atomic E-state index is 0.0394. The van der Waals surface area contributed by atoms with Gasteiger partial charge >= 0.3 is 0 Å². The lowest BCUT2D eigenvalue weighted by atomic mass is 10.2. The van der Waals surface area contributed by atoms with E-state index in [2.05, 4.69) is 5.32 Å². The molecule has 0 fully saturated rings. The zero-order valence-corrected chi connectivity index (χ0v) is 12.3. The van der Waals surface area contributed by atoms with Crippen LogP contribution in [0.15, 0.2) is 47.4 Å². The molecule has 6 nitrogen and oxygen atoms in total. The summed E-state index contributed by atoms with van der Waals surface area (Å²) in [4.78, 5) is 12.0. The van der Waals surface area contributed by atoms with Gasteiger partial charge in [-0.3, -0.25) is 4.79 Å². The standard InChI is InChI=1S/C13H12ClN3O3S/c14-12-10(2-1-3-11(12)15)13(18)17-8-4-6-9(7-5-8)21(16,19)20/h1-7H,15H2,(H,17,18)(H2,16,19,20). The lowest BCUT2D eigenvalue weighted by molar-refractivity contribution is 0.102. The van der Waals surface area contributed by atoms with Crippen molar-refractivity contribution >= 4 is 38.9 Å². The van der Waals surface area contributed by atoms with Gasteiger partial charge in [0.1, 0.15) is 0 Å². The van der Waals surface area contributed by atoms with E-state index in [1.54, 1.807) is 12.1 Å². The van der Waals surface area contributed by atoms with Crippen LogP contribution in [0.1, 0.15) is 10.4 Å². The van der Waals surface area contributed by atoms with Gasteiger partial charge in [0.2, 0.25) is 10.0 Å². The quantitative estimate of drug-likeness (QED) is 0.746. The molecule has 5 N–H and O–H groups in total. The number of carbonyl (C=O) groups is 1. The van der Waals surface area contributed by atoms with Gasteiger partial charge in [-0.25, -0.2) is 13.6 Å². The monoisotopic (exact) mass is 325 g/mol. The van der Waals surface area contributed by atoms with Gasteiger partial charge in [-0.1, -0.05) is 17.7 Å². The van der Waals surface area contributed by atoms with E-state index in [0.29, 0.717) is 11.4 Å². The Hall–Kier alpha value is -2.09. The largest absolute Gasteiger partial charge is 0.398 e. The number of nitrogens with one attached hydrogen (secondary N) is 1. The zero-order chi connectivity index (χ0) is 15.6. The third kappa shape index (κ3) is 3.52. The van der Waals surface area contributed by atoms with Crippen molar-refractivity contribution in [2.24, 2.45) is 5.14 Å². The van der Waals surface area contributed by atoms with Crippen molar-refractivity contribution in [1.29, 1.82) is 0 Å². The Labute approximate surface area is 126 Å². The van der Waals surface area contributed by atoms with Crippen molar-refractivity contribution in [1.82, 2.24) is 0 Å². The number of nitrogens with two attached hydrogens (primary N) is 2. The Kier molecular flexibility index (Phi) is 4.17. The normalized spacial score (nSPS) is 11.1. The molecule has 21 heavy (non-hydrogen) atoms. The molecule has 0 unspecified atom stereocenters. The number of carbonyl (C=O) groups excluding carboxylic acids is 1. The number of nitrogen functional groups attached to an aromatic ring is 1. The van der Waals surface area contributed by atoms with Gasteiger partial charge in [-0.05, 0) is 36.4 Å². The first kappa shape index (κ1) is 15.3. The minimum Gasteiger partial charge on any atom is -0.398 e. The summed E-state index contributed by atoms with van der Waals surface area (Å²) in [5, 5.41) is 7.74. The van der Waals surface area contributed by atoms with E-state index in [4.69, 9.17) is 22.5 Å². The number of halogens is 1. The van der Waals surface area contributed by atoms with Crippen LogP contribution in [-0.4, -0.2) is 14.3 Å². The van der Waals surface area contributed by atoms with Crippen LogP contribution in [0.5, 0.6) is 0 Å². The summed E-state index contributed by atoms with van der Waals surface area (Å²) in [5.74, 6) is -0.448. The summed E-state index contributed by atoms with van der Waals surface area (Å²) in [6.45, 7) is 0. The average Bonchev–Trinajstić information content (AvgIpc) is 2.41. The molecule has 0 aromatic heterocycles. The van der Waals surface area contributed by atoms with Crippen LogP contribution in [0.25, 0.3) is 0 Å². The van der Waals surface area contributed by atoms with Crippen LogP contribution < -0.4 is 16.2 Å². The SMILES string of the molecule is Nc1cccc(C(=O)Nc2ccc(S(N)(=O)=O)cc2)c1Cl. The van der Waals surface area contributed by atoms with Gasteiger partial charge in [0, 0.05) is 5.69 Å². The predicted molar refractivity (Wildman–Crippen MR) is 81.6 cm³/mol. The number of benzene rings is 2. The Balaban J connectivity index is 2.22. The van der Waals surface area contributed by atoms with E-state index < -0.39 is 15.9 Å². The van der Waals surface area contributed by atoms with E-state index in [1.165, 1.54) is 30.3 Å². The average molecular weight is 326 g/mol. The number of anilines is 2. The number of rotatable bonds is 3. The van der Waals surface area contributed by atoms with Crippen LogP contribution in [0.2, 0.25) is 5.02 Å². The van der Waals surface area contributed by atoms with Crippen LogP contribution in [-0.2, 0) is 10.0 Å². The predicted octanol–water partition coefficient (Wildman–Crippen LogP) is 1.82. The molecule has 0 aliphatic carbocycles. The molecule has 0 atom stereocenters. The molecule has 0 spiro atoms. The molecule has 0 aliphatic rings. The first-order valence-corrected chi connectivity index (χ1v) is 7.69. The summed E-state index contributed by atoms with van der Waals surface area (Å²) in [5.41, 5.74) is 6.56. The Morgan fingerprint density at radius 1 is 1.10 bits per heavy atom. The van der Waals surface area contributed by atoms with Crippen molar-refractivity contribution in [3.8, 4) is 0 Å². The fourth-order valence-corrected chi connectivity index (χ4v) is 2.38. The molecule has 8 heteroatoms. The maximum absolute atomic E-state index is 12.1. The van der Waals surface area contributed by atoms with E-state index >= 15 is 0 Å². The number of primary sulfonamides is 1. The molecule has 2 rings (SSSR count). The lowest BCUT2D eigenvalue weighted by Gasteiger charge is -2.08. The summed E-state index contributed by atoms with van der Waals surface area (Å²) < 4.78 is 22.3. The summed E-state index contributed by atoms with van der Waals surface area (Å²) in [7, 11) is -3.76. The molecule has 0 saturated heterocycles.